The molecule has 144 valence electrons. The Balaban J connectivity index is 1.69. The van der Waals surface area contributed by atoms with Crippen molar-refractivity contribution in [2.45, 2.75) is 77.4 Å². The van der Waals surface area contributed by atoms with Gasteiger partial charge in [0.15, 0.2) is 0 Å². The summed E-state index contributed by atoms with van der Waals surface area (Å²) in [5.41, 5.74) is 1.09. The van der Waals surface area contributed by atoms with Crippen LogP contribution < -0.4 is 0 Å². The third-order valence-corrected chi connectivity index (χ3v) is 5.71. The molecule has 1 amide bonds. The van der Waals surface area contributed by atoms with Crippen molar-refractivity contribution in [3.05, 3.63) is 35.4 Å². The summed E-state index contributed by atoms with van der Waals surface area (Å²) in [5, 5.41) is 11.3. The Kier molecular flexibility index (Phi) is 4.42. The van der Waals surface area contributed by atoms with Gasteiger partial charge in [-0.15, -0.1) is 0 Å². The first kappa shape index (κ1) is 19.2. The molecule has 1 unspecified atom stereocenters. The van der Waals surface area contributed by atoms with Crippen LogP contribution in [-0.2, 0) is 15.8 Å². The first-order valence-corrected chi connectivity index (χ1v) is 9.63. The molecule has 4 heteroatoms. The number of hydrogen-bond donors (Lipinski definition) is 1. The third kappa shape index (κ3) is 3.75. The fourth-order valence-corrected chi connectivity index (χ4v) is 4.28. The predicted molar refractivity (Wildman–Crippen MR) is 103 cm³/mol. The van der Waals surface area contributed by atoms with Crippen LogP contribution in [0.1, 0.15) is 71.9 Å². The van der Waals surface area contributed by atoms with Gasteiger partial charge in [0.25, 0.3) is 0 Å². The molecular weight excluding hydrogens is 326 g/mol. The quantitative estimate of drug-likeness (QED) is 0.798. The molecule has 1 spiro atoms. The van der Waals surface area contributed by atoms with Crippen molar-refractivity contribution in [1.29, 1.82) is 0 Å². The fourth-order valence-electron chi connectivity index (χ4n) is 4.28. The van der Waals surface area contributed by atoms with Gasteiger partial charge >= 0.3 is 6.09 Å². The van der Waals surface area contributed by atoms with E-state index in [4.69, 9.17) is 4.74 Å². The molecule has 0 radical (unpaired) electrons. The van der Waals surface area contributed by atoms with Crippen LogP contribution in [0, 0.1) is 5.41 Å². The lowest BCUT2D eigenvalue weighted by Gasteiger charge is -2.48. The van der Waals surface area contributed by atoms with E-state index in [0.717, 1.165) is 18.4 Å². The normalized spacial score (nSPS) is 25.3. The van der Waals surface area contributed by atoms with E-state index < -0.39 is 11.2 Å². The number of carbonyl (C=O) groups excluding carboxylic acids is 1. The molecule has 2 fully saturated rings. The second kappa shape index (κ2) is 5.98. The van der Waals surface area contributed by atoms with Crippen molar-refractivity contribution in [2.75, 3.05) is 13.1 Å². The molecule has 1 atom stereocenters. The van der Waals surface area contributed by atoms with E-state index >= 15 is 0 Å². The summed E-state index contributed by atoms with van der Waals surface area (Å²) in [7, 11) is 0. The Morgan fingerprint density at radius 3 is 2.35 bits per heavy atom. The van der Waals surface area contributed by atoms with Crippen molar-refractivity contribution >= 4 is 6.09 Å². The lowest BCUT2D eigenvalue weighted by Crippen LogP contribution is -2.58. The molecule has 3 rings (SSSR count). The third-order valence-electron chi connectivity index (χ3n) is 5.71. The Labute approximate surface area is 157 Å². The molecule has 1 aliphatic carbocycles. The standard InChI is InChI=1S/C22H33NO3/c1-19(2,3)16-8-7-9-17(12-16)22(25)11-10-21(13-22)14-23(15-21)18(24)26-20(4,5)6/h7-9,12,25H,10-11,13-15H2,1-6H3. The molecule has 2 aliphatic rings. The zero-order valence-corrected chi connectivity index (χ0v) is 17.1. The minimum Gasteiger partial charge on any atom is -0.444 e. The predicted octanol–water partition coefficient (Wildman–Crippen LogP) is 4.59. The molecule has 26 heavy (non-hydrogen) atoms. The van der Waals surface area contributed by atoms with Crippen molar-refractivity contribution in [3.63, 3.8) is 0 Å². The number of rotatable bonds is 1. The van der Waals surface area contributed by atoms with Gasteiger partial charge in [-0.2, -0.15) is 0 Å². The Morgan fingerprint density at radius 2 is 1.77 bits per heavy atom. The summed E-state index contributed by atoms with van der Waals surface area (Å²) in [6.45, 7) is 13.6. The maximum absolute atomic E-state index is 12.2. The molecular formula is C22H33NO3. The SMILES string of the molecule is CC(C)(C)OC(=O)N1CC2(CCC(O)(c3cccc(C(C)(C)C)c3)C2)C1. The van der Waals surface area contributed by atoms with Gasteiger partial charge in [0.1, 0.15) is 5.60 Å². The summed E-state index contributed by atoms with van der Waals surface area (Å²) in [6, 6.07) is 8.37. The van der Waals surface area contributed by atoms with Crippen molar-refractivity contribution in [1.82, 2.24) is 4.90 Å². The maximum atomic E-state index is 12.2. The Hall–Kier alpha value is -1.55. The summed E-state index contributed by atoms with van der Waals surface area (Å²) in [6.07, 6.45) is 2.17. The van der Waals surface area contributed by atoms with E-state index in [1.807, 2.05) is 32.9 Å². The Morgan fingerprint density at radius 1 is 1.12 bits per heavy atom. The molecule has 1 N–H and O–H groups in total. The monoisotopic (exact) mass is 359 g/mol. The lowest BCUT2D eigenvalue weighted by molar-refractivity contribution is -0.0478. The van der Waals surface area contributed by atoms with Gasteiger partial charge < -0.3 is 14.7 Å². The van der Waals surface area contributed by atoms with Crippen LogP contribution in [0.3, 0.4) is 0 Å². The van der Waals surface area contributed by atoms with Crippen molar-refractivity contribution in [2.24, 2.45) is 5.41 Å². The minimum atomic E-state index is -0.790. The average molecular weight is 360 g/mol. The van der Waals surface area contributed by atoms with E-state index in [-0.39, 0.29) is 16.9 Å². The van der Waals surface area contributed by atoms with Gasteiger partial charge in [-0.1, -0.05) is 45.0 Å². The summed E-state index contributed by atoms with van der Waals surface area (Å²) in [4.78, 5) is 14.0. The van der Waals surface area contributed by atoms with Gasteiger partial charge in [-0.3, -0.25) is 0 Å². The fraction of sp³-hybridized carbons (Fsp3) is 0.682. The van der Waals surface area contributed by atoms with Crippen LogP contribution in [0.15, 0.2) is 24.3 Å². The van der Waals surface area contributed by atoms with Gasteiger partial charge in [-0.05, 0) is 56.6 Å². The van der Waals surface area contributed by atoms with E-state index in [9.17, 15) is 9.90 Å². The zero-order valence-electron chi connectivity index (χ0n) is 17.1. The number of aliphatic hydroxyl groups is 1. The van der Waals surface area contributed by atoms with Crippen LogP contribution >= 0.6 is 0 Å². The number of benzene rings is 1. The highest BCUT2D eigenvalue weighted by molar-refractivity contribution is 5.69. The molecule has 0 aromatic heterocycles. The van der Waals surface area contributed by atoms with Gasteiger partial charge in [0, 0.05) is 18.5 Å². The molecule has 1 saturated carbocycles. The van der Waals surface area contributed by atoms with E-state index in [1.165, 1.54) is 5.56 Å². The zero-order chi connectivity index (χ0) is 19.4. The highest BCUT2D eigenvalue weighted by Gasteiger charge is 2.55. The second-order valence-electron chi connectivity index (χ2n) is 10.4. The maximum Gasteiger partial charge on any atom is 0.410 e. The van der Waals surface area contributed by atoms with Crippen LogP contribution in [0.4, 0.5) is 4.79 Å². The van der Waals surface area contributed by atoms with Crippen molar-refractivity contribution in [3.8, 4) is 0 Å². The van der Waals surface area contributed by atoms with Gasteiger partial charge in [-0.25, -0.2) is 4.79 Å². The van der Waals surface area contributed by atoms with E-state index in [0.29, 0.717) is 19.5 Å². The summed E-state index contributed by atoms with van der Waals surface area (Å²) < 4.78 is 5.46. The molecule has 1 aromatic rings. The van der Waals surface area contributed by atoms with Gasteiger partial charge in [0.05, 0.1) is 5.60 Å². The second-order valence-corrected chi connectivity index (χ2v) is 10.4. The van der Waals surface area contributed by atoms with Crippen LogP contribution in [0.2, 0.25) is 0 Å². The summed E-state index contributed by atoms with van der Waals surface area (Å²) >= 11 is 0. The first-order valence-electron chi connectivity index (χ1n) is 9.63. The number of ether oxygens (including phenoxy) is 1. The number of hydrogen-bond acceptors (Lipinski definition) is 3. The number of carbonyl (C=O) groups is 1. The largest absolute Gasteiger partial charge is 0.444 e. The van der Waals surface area contributed by atoms with E-state index in [2.05, 4.69) is 32.9 Å². The minimum absolute atomic E-state index is 0.0311. The Bertz CT molecular complexity index is 692. The lowest BCUT2D eigenvalue weighted by atomic mass is 9.76. The molecule has 4 nitrogen and oxygen atoms in total. The number of likely N-dealkylation sites (tertiary alicyclic amines) is 1. The average Bonchev–Trinajstić information content (AvgIpc) is 2.83. The smallest absolute Gasteiger partial charge is 0.410 e. The molecule has 0 bridgehead atoms. The van der Waals surface area contributed by atoms with Crippen molar-refractivity contribution < 1.29 is 14.6 Å². The van der Waals surface area contributed by atoms with Crippen LogP contribution in [0.25, 0.3) is 0 Å². The highest BCUT2D eigenvalue weighted by Crippen LogP contribution is 2.54. The van der Waals surface area contributed by atoms with Crippen LogP contribution in [-0.4, -0.2) is 34.8 Å². The molecule has 1 aliphatic heterocycles. The van der Waals surface area contributed by atoms with Crippen LogP contribution in [0.5, 0.6) is 0 Å². The number of nitrogens with zero attached hydrogens (tertiary/aromatic N) is 1. The highest BCUT2D eigenvalue weighted by atomic mass is 16.6. The molecule has 1 aromatic carbocycles. The number of amides is 1. The van der Waals surface area contributed by atoms with E-state index in [1.54, 1.807) is 4.90 Å². The van der Waals surface area contributed by atoms with Gasteiger partial charge in [0.2, 0.25) is 0 Å². The summed E-state index contributed by atoms with van der Waals surface area (Å²) in [5.74, 6) is 0. The molecule has 1 heterocycles. The first-order chi connectivity index (χ1) is 11.8. The molecule has 1 saturated heterocycles. The topological polar surface area (TPSA) is 49.8 Å².